The van der Waals surface area contributed by atoms with Crippen molar-refractivity contribution in [2.75, 3.05) is 26.7 Å². The first-order valence-corrected chi connectivity index (χ1v) is 7.26. The molecule has 6 heteroatoms. The molecule has 1 saturated heterocycles. The highest BCUT2D eigenvalue weighted by Crippen LogP contribution is 2.24. The molecule has 0 bridgehead atoms. The number of piperidine rings is 1. The lowest BCUT2D eigenvalue weighted by Crippen LogP contribution is -2.40. The number of amides is 1. The Morgan fingerprint density at radius 2 is 1.95 bits per heavy atom. The monoisotopic (exact) mass is 336 g/mol. The van der Waals surface area contributed by atoms with E-state index < -0.39 is 0 Å². The molecule has 112 valence electrons. The molecule has 1 aliphatic heterocycles. The zero-order valence-electron chi connectivity index (χ0n) is 11.4. The minimum absolute atomic E-state index is 0. The smallest absolute Gasteiger partial charge is 0.253 e. The maximum absolute atomic E-state index is 12.3. The van der Waals surface area contributed by atoms with Gasteiger partial charge < -0.3 is 10.2 Å². The molecule has 0 spiro atoms. The first-order valence-electron chi connectivity index (χ1n) is 6.50. The Morgan fingerprint density at radius 1 is 1.30 bits per heavy atom. The third-order valence-electron chi connectivity index (χ3n) is 3.56. The molecule has 1 amide bonds. The van der Waals surface area contributed by atoms with Crippen molar-refractivity contribution in [1.82, 2.24) is 10.2 Å². The van der Waals surface area contributed by atoms with Crippen molar-refractivity contribution in [3.63, 3.8) is 0 Å². The van der Waals surface area contributed by atoms with E-state index in [4.69, 9.17) is 23.2 Å². The lowest BCUT2D eigenvalue weighted by molar-refractivity contribution is 0.0691. The maximum atomic E-state index is 12.3. The number of carbonyl (C=O) groups excluding carboxylic acids is 1. The summed E-state index contributed by atoms with van der Waals surface area (Å²) in [7, 11) is 1.97. The van der Waals surface area contributed by atoms with E-state index in [1.807, 2.05) is 11.9 Å². The van der Waals surface area contributed by atoms with Crippen LogP contribution in [0.15, 0.2) is 18.2 Å². The van der Waals surface area contributed by atoms with E-state index in [2.05, 4.69) is 5.32 Å². The zero-order chi connectivity index (χ0) is 13.8. The van der Waals surface area contributed by atoms with Crippen LogP contribution in [0.1, 0.15) is 23.2 Å². The summed E-state index contributed by atoms with van der Waals surface area (Å²) in [6.07, 6.45) is 2.10. The number of likely N-dealkylation sites (tertiary alicyclic amines) is 1. The molecule has 1 aromatic carbocycles. The van der Waals surface area contributed by atoms with Crippen molar-refractivity contribution in [1.29, 1.82) is 0 Å². The van der Waals surface area contributed by atoms with E-state index in [0.29, 0.717) is 21.5 Å². The first kappa shape index (κ1) is 17.6. The van der Waals surface area contributed by atoms with Gasteiger partial charge in [-0.05, 0) is 50.6 Å². The maximum Gasteiger partial charge on any atom is 0.253 e. The molecule has 0 aliphatic carbocycles. The molecule has 1 N–H and O–H groups in total. The van der Waals surface area contributed by atoms with Gasteiger partial charge in [0.15, 0.2) is 0 Å². The van der Waals surface area contributed by atoms with Gasteiger partial charge in [-0.3, -0.25) is 4.79 Å². The van der Waals surface area contributed by atoms with E-state index >= 15 is 0 Å². The predicted molar refractivity (Wildman–Crippen MR) is 86.3 cm³/mol. The summed E-state index contributed by atoms with van der Waals surface area (Å²) in [5.41, 5.74) is 0.612. The third kappa shape index (κ3) is 4.26. The Morgan fingerprint density at radius 3 is 2.50 bits per heavy atom. The fourth-order valence-electron chi connectivity index (χ4n) is 2.44. The molecule has 0 radical (unpaired) electrons. The van der Waals surface area contributed by atoms with Crippen LogP contribution in [0.4, 0.5) is 0 Å². The van der Waals surface area contributed by atoms with Gasteiger partial charge in [-0.15, -0.1) is 12.4 Å². The Bertz CT molecular complexity index is 460. The first-order chi connectivity index (χ1) is 9.11. The molecule has 20 heavy (non-hydrogen) atoms. The predicted octanol–water partition coefficient (Wildman–Crippen LogP) is 3.49. The third-order valence-corrected chi connectivity index (χ3v) is 4.30. The van der Waals surface area contributed by atoms with Crippen molar-refractivity contribution in [3.05, 3.63) is 33.8 Å². The van der Waals surface area contributed by atoms with Gasteiger partial charge in [0.25, 0.3) is 5.91 Å². The van der Waals surface area contributed by atoms with Crippen LogP contribution in [-0.2, 0) is 0 Å². The number of nitrogens with zero attached hydrogens (tertiary/aromatic N) is 1. The second-order valence-corrected chi connectivity index (χ2v) is 5.74. The van der Waals surface area contributed by atoms with Gasteiger partial charge >= 0.3 is 0 Å². The average Bonchev–Trinajstić information content (AvgIpc) is 2.42. The molecule has 1 heterocycles. The molecule has 0 atom stereocenters. The Kier molecular flexibility index (Phi) is 7.10. The average molecular weight is 338 g/mol. The van der Waals surface area contributed by atoms with Crippen LogP contribution in [0.2, 0.25) is 10.0 Å². The van der Waals surface area contributed by atoms with Crippen LogP contribution in [0.5, 0.6) is 0 Å². The highest BCUT2D eigenvalue weighted by molar-refractivity contribution is 6.42. The molecule has 3 nitrogen and oxygen atoms in total. The van der Waals surface area contributed by atoms with Crippen molar-refractivity contribution < 1.29 is 4.79 Å². The van der Waals surface area contributed by atoms with E-state index in [1.54, 1.807) is 18.2 Å². The standard InChI is InChI=1S/C14H18Cl2N2O.ClH/c1-17-9-10-4-6-18(7-5-10)14(19)11-2-3-12(15)13(16)8-11;/h2-3,8,10,17H,4-7,9H2,1H3;1H. The number of rotatable bonds is 3. The molecule has 1 aliphatic rings. The number of hydrogen-bond donors (Lipinski definition) is 1. The summed E-state index contributed by atoms with van der Waals surface area (Å²) in [6, 6.07) is 5.05. The van der Waals surface area contributed by atoms with Crippen molar-refractivity contribution >= 4 is 41.5 Å². The minimum atomic E-state index is 0. The van der Waals surface area contributed by atoms with Gasteiger partial charge in [0, 0.05) is 18.7 Å². The van der Waals surface area contributed by atoms with Gasteiger partial charge in [0.05, 0.1) is 10.0 Å². The topological polar surface area (TPSA) is 32.3 Å². The number of hydrogen-bond acceptors (Lipinski definition) is 2. The largest absolute Gasteiger partial charge is 0.339 e. The SMILES string of the molecule is CNCC1CCN(C(=O)c2ccc(Cl)c(Cl)c2)CC1.Cl. The molecule has 0 aromatic heterocycles. The van der Waals surface area contributed by atoms with Gasteiger partial charge in [-0.1, -0.05) is 23.2 Å². The van der Waals surface area contributed by atoms with Gasteiger partial charge in [0.1, 0.15) is 0 Å². The minimum Gasteiger partial charge on any atom is -0.339 e. The van der Waals surface area contributed by atoms with E-state index in [0.717, 1.165) is 32.5 Å². The van der Waals surface area contributed by atoms with Crippen molar-refractivity contribution in [2.24, 2.45) is 5.92 Å². The van der Waals surface area contributed by atoms with Gasteiger partial charge in [-0.2, -0.15) is 0 Å². The number of halogens is 3. The molecular weight excluding hydrogens is 319 g/mol. The van der Waals surface area contributed by atoms with Crippen LogP contribution in [0, 0.1) is 5.92 Å². The van der Waals surface area contributed by atoms with Gasteiger partial charge in [0.2, 0.25) is 0 Å². The fraction of sp³-hybridized carbons (Fsp3) is 0.500. The second kappa shape index (κ2) is 8.08. The Hall–Kier alpha value is -0.480. The zero-order valence-corrected chi connectivity index (χ0v) is 13.7. The molecule has 2 rings (SSSR count). The lowest BCUT2D eigenvalue weighted by atomic mass is 9.96. The lowest BCUT2D eigenvalue weighted by Gasteiger charge is -2.32. The summed E-state index contributed by atoms with van der Waals surface area (Å²) >= 11 is 11.8. The van der Waals surface area contributed by atoms with Crippen LogP contribution in [0.3, 0.4) is 0 Å². The van der Waals surface area contributed by atoms with Crippen molar-refractivity contribution in [2.45, 2.75) is 12.8 Å². The summed E-state index contributed by atoms with van der Waals surface area (Å²) < 4.78 is 0. The van der Waals surface area contributed by atoms with Crippen LogP contribution < -0.4 is 5.32 Å². The molecule has 0 saturated carbocycles. The van der Waals surface area contributed by atoms with Crippen molar-refractivity contribution in [3.8, 4) is 0 Å². The molecule has 1 fully saturated rings. The number of nitrogens with one attached hydrogen (secondary N) is 1. The van der Waals surface area contributed by atoms with E-state index in [-0.39, 0.29) is 18.3 Å². The van der Waals surface area contributed by atoms with Crippen LogP contribution >= 0.6 is 35.6 Å². The highest BCUT2D eigenvalue weighted by Gasteiger charge is 2.23. The van der Waals surface area contributed by atoms with Crippen LogP contribution in [-0.4, -0.2) is 37.5 Å². The normalized spacial score (nSPS) is 15.8. The van der Waals surface area contributed by atoms with E-state index in [9.17, 15) is 4.79 Å². The summed E-state index contributed by atoms with van der Waals surface area (Å²) in [4.78, 5) is 14.2. The highest BCUT2D eigenvalue weighted by atomic mass is 35.5. The van der Waals surface area contributed by atoms with Crippen LogP contribution in [0.25, 0.3) is 0 Å². The quantitative estimate of drug-likeness (QED) is 0.915. The molecular formula is C14H19Cl3N2O. The fourth-order valence-corrected chi connectivity index (χ4v) is 2.74. The Labute approximate surface area is 136 Å². The summed E-state index contributed by atoms with van der Waals surface area (Å²) in [5, 5.41) is 4.10. The summed E-state index contributed by atoms with van der Waals surface area (Å²) in [5.74, 6) is 0.712. The number of benzene rings is 1. The number of carbonyl (C=O) groups is 1. The molecule has 1 aromatic rings. The van der Waals surface area contributed by atoms with E-state index in [1.165, 1.54) is 0 Å². The Balaban J connectivity index is 0.00000200. The van der Waals surface area contributed by atoms with Gasteiger partial charge in [-0.25, -0.2) is 0 Å². The molecule has 0 unspecified atom stereocenters. The summed E-state index contributed by atoms with van der Waals surface area (Å²) in [6.45, 7) is 2.64. The second-order valence-electron chi connectivity index (χ2n) is 4.92.